The minimum Gasteiger partial charge on any atom is -0.361 e. The fraction of sp³-hybridized carbons (Fsp3) is 0.294. The van der Waals surface area contributed by atoms with E-state index in [1.165, 1.54) is 0 Å². The van der Waals surface area contributed by atoms with E-state index in [4.69, 9.17) is 4.52 Å². The highest BCUT2D eigenvalue weighted by atomic mass is 16.5. The number of Topliss-reactive ketones (excluding diaryl/α,β-unsaturated/α-hetero) is 1. The Labute approximate surface area is 133 Å². The van der Waals surface area contributed by atoms with Crippen molar-refractivity contribution in [1.82, 2.24) is 19.9 Å². The molecule has 0 saturated heterocycles. The summed E-state index contributed by atoms with van der Waals surface area (Å²) in [6, 6.07) is 5.88. The molecule has 1 aliphatic heterocycles. The van der Waals surface area contributed by atoms with E-state index in [0.717, 1.165) is 39.9 Å². The normalized spacial score (nSPS) is 13.6. The molecule has 0 bridgehead atoms. The minimum absolute atomic E-state index is 0.124. The fourth-order valence-electron chi connectivity index (χ4n) is 3.25. The third-order valence-electron chi connectivity index (χ3n) is 4.33. The maximum atomic E-state index is 12.6. The molecule has 0 atom stereocenters. The Hall–Kier alpha value is -2.76. The predicted molar refractivity (Wildman–Crippen MR) is 83.7 cm³/mol. The number of aromatic nitrogens is 4. The molecule has 4 rings (SSSR count). The molecule has 1 aliphatic rings. The van der Waals surface area contributed by atoms with E-state index in [9.17, 15) is 4.79 Å². The first-order valence-electron chi connectivity index (χ1n) is 7.58. The van der Waals surface area contributed by atoms with E-state index in [1.54, 1.807) is 0 Å². The summed E-state index contributed by atoms with van der Waals surface area (Å²) in [7, 11) is 0. The first kappa shape index (κ1) is 13.9. The summed E-state index contributed by atoms with van der Waals surface area (Å²) < 4.78 is 7.22. The number of benzene rings is 1. The van der Waals surface area contributed by atoms with Gasteiger partial charge in [-0.15, -0.1) is 10.2 Å². The number of aryl methyl sites for hydroxylation is 4. The second-order valence-electron chi connectivity index (χ2n) is 5.85. The highest BCUT2D eigenvalue weighted by Crippen LogP contribution is 2.32. The van der Waals surface area contributed by atoms with Crippen molar-refractivity contribution >= 4 is 5.78 Å². The molecule has 0 amide bonds. The minimum atomic E-state index is 0.124. The van der Waals surface area contributed by atoms with E-state index in [-0.39, 0.29) is 5.78 Å². The van der Waals surface area contributed by atoms with Gasteiger partial charge in [0.05, 0.1) is 11.4 Å². The zero-order valence-electron chi connectivity index (χ0n) is 13.3. The second kappa shape index (κ2) is 4.87. The SMILES string of the molecule is Cc1noc(C)c1-c1ccc2c(c1)C(=O)CCc1nnc(C)n1-2. The van der Waals surface area contributed by atoms with Crippen LogP contribution in [-0.4, -0.2) is 25.7 Å². The Kier molecular flexibility index (Phi) is 2.94. The Morgan fingerprint density at radius 3 is 2.70 bits per heavy atom. The maximum absolute atomic E-state index is 12.6. The van der Waals surface area contributed by atoms with Gasteiger partial charge in [-0.2, -0.15) is 0 Å². The summed E-state index contributed by atoms with van der Waals surface area (Å²) in [6.07, 6.45) is 1.05. The summed E-state index contributed by atoms with van der Waals surface area (Å²) >= 11 is 0. The number of hydrogen-bond acceptors (Lipinski definition) is 5. The molecule has 6 nitrogen and oxygen atoms in total. The highest BCUT2D eigenvalue weighted by molar-refractivity contribution is 6.01. The van der Waals surface area contributed by atoms with E-state index in [1.807, 2.05) is 43.5 Å². The number of ketones is 1. The molecule has 0 saturated carbocycles. The molecule has 6 heteroatoms. The molecular formula is C17H16N4O2. The highest BCUT2D eigenvalue weighted by Gasteiger charge is 2.24. The van der Waals surface area contributed by atoms with Gasteiger partial charge in [-0.25, -0.2) is 0 Å². The van der Waals surface area contributed by atoms with Crippen molar-refractivity contribution in [2.24, 2.45) is 0 Å². The number of carbonyl (C=O) groups excluding carboxylic acids is 1. The number of rotatable bonds is 1. The van der Waals surface area contributed by atoms with Gasteiger partial charge in [0.25, 0.3) is 0 Å². The first-order valence-corrected chi connectivity index (χ1v) is 7.58. The van der Waals surface area contributed by atoms with Crippen molar-refractivity contribution in [2.75, 3.05) is 0 Å². The smallest absolute Gasteiger partial charge is 0.165 e. The molecule has 0 radical (unpaired) electrons. The van der Waals surface area contributed by atoms with Crippen LogP contribution in [0.5, 0.6) is 0 Å². The topological polar surface area (TPSA) is 73.8 Å². The number of fused-ring (bicyclic) bond motifs is 3. The Morgan fingerprint density at radius 2 is 1.96 bits per heavy atom. The molecule has 2 aromatic heterocycles. The van der Waals surface area contributed by atoms with Crippen molar-refractivity contribution in [3.8, 4) is 16.8 Å². The monoisotopic (exact) mass is 308 g/mol. The van der Waals surface area contributed by atoms with Crippen LogP contribution in [0.4, 0.5) is 0 Å². The Bertz CT molecular complexity index is 917. The molecule has 0 unspecified atom stereocenters. The molecule has 3 heterocycles. The van der Waals surface area contributed by atoms with E-state index in [0.29, 0.717) is 18.4 Å². The van der Waals surface area contributed by atoms with Crippen LogP contribution >= 0.6 is 0 Å². The van der Waals surface area contributed by atoms with Gasteiger partial charge in [-0.3, -0.25) is 9.36 Å². The van der Waals surface area contributed by atoms with Crippen LogP contribution in [0.25, 0.3) is 16.8 Å². The average Bonchev–Trinajstić information content (AvgIpc) is 3.02. The molecule has 1 aromatic carbocycles. The van der Waals surface area contributed by atoms with Crippen LogP contribution in [0.1, 0.15) is 39.9 Å². The van der Waals surface area contributed by atoms with Gasteiger partial charge >= 0.3 is 0 Å². The van der Waals surface area contributed by atoms with Crippen LogP contribution in [0.15, 0.2) is 22.7 Å². The number of hydrogen-bond donors (Lipinski definition) is 0. The van der Waals surface area contributed by atoms with Gasteiger partial charge < -0.3 is 4.52 Å². The van der Waals surface area contributed by atoms with Gasteiger partial charge in [-0.1, -0.05) is 11.2 Å². The van der Waals surface area contributed by atoms with Gasteiger partial charge in [0, 0.05) is 24.0 Å². The van der Waals surface area contributed by atoms with Crippen molar-refractivity contribution in [3.63, 3.8) is 0 Å². The quantitative estimate of drug-likeness (QED) is 0.691. The molecule has 116 valence electrons. The Morgan fingerprint density at radius 1 is 1.13 bits per heavy atom. The van der Waals surface area contributed by atoms with Crippen LogP contribution in [-0.2, 0) is 6.42 Å². The van der Waals surface area contributed by atoms with Gasteiger partial charge in [0.15, 0.2) is 5.78 Å². The standard InChI is InChI=1S/C17H16N4O2/c1-9-17(10(2)23-20-9)12-4-5-14-13(8-12)15(22)6-7-16-19-18-11(3)21(14)16/h4-5,8H,6-7H2,1-3H3. The molecule has 0 spiro atoms. The van der Waals surface area contributed by atoms with Crippen molar-refractivity contribution in [2.45, 2.75) is 33.6 Å². The fourth-order valence-corrected chi connectivity index (χ4v) is 3.25. The number of nitrogens with zero attached hydrogens (tertiary/aromatic N) is 4. The summed E-state index contributed by atoms with van der Waals surface area (Å²) in [5, 5.41) is 12.3. The maximum Gasteiger partial charge on any atom is 0.165 e. The summed E-state index contributed by atoms with van der Waals surface area (Å²) in [6.45, 7) is 5.69. The van der Waals surface area contributed by atoms with E-state index < -0.39 is 0 Å². The molecule has 0 N–H and O–H groups in total. The molecule has 0 fully saturated rings. The van der Waals surface area contributed by atoms with Crippen LogP contribution in [0, 0.1) is 20.8 Å². The number of carbonyl (C=O) groups is 1. The largest absolute Gasteiger partial charge is 0.361 e. The summed E-state index contributed by atoms with van der Waals surface area (Å²) in [5.74, 6) is 2.50. The molecular weight excluding hydrogens is 292 g/mol. The van der Waals surface area contributed by atoms with Crippen molar-refractivity contribution < 1.29 is 9.32 Å². The third-order valence-corrected chi connectivity index (χ3v) is 4.33. The third kappa shape index (κ3) is 2.02. The lowest BCUT2D eigenvalue weighted by Gasteiger charge is -2.11. The van der Waals surface area contributed by atoms with Crippen molar-refractivity contribution in [3.05, 3.63) is 46.9 Å². The summed E-state index contributed by atoms with van der Waals surface area (Å²) in [4.78, 5) is 12.6. The van der Waals surface area contributed by atoms with Crippen LogP contribution in [0.2, 0.25) is 0 Å². The zero-order chi connectivity index (χ0) is 16.1. The van der Waals surface area contributed by atoms with Crippen LogP contribution < -0.4 is 0 Å². The lowest BCUT2D eigenvalue weighted by atomic mass is 9.98. The predicted octanol–water partition coefficient (Wildman–Crippen LogP) is 2.98. The summed E-state index contributed by atoms with van der Waals surface area (Å²) in [5.41, 5.74) is 4.27. The van der Waals surface area contributed by atoms with Crippen LogP contribution in [0.3, 0.4) is 0 Å². The van der Waals surface area contributed by atoms with Gasteiger partial charge in [-0.05, 0) is 38.5 Å². The molecule has 3 aromatic rings. The Balaban J connectivity index is 1.96. The lowest BCUT2D eigenvalue weighted by Crippen LogP contribution is -2.05. The van der Waals surface area contributed by atoms with E-state index >= 15 is 0 Å². The molecule has 23 heavy (non-hydrogen) atoms. The average molecular weight is 308 g/mol. The van der Waals surface area contributed by atoms with Gasteiger partial charge in [0.2, 0.25) is 0 Å². The lowest BCUT2D eigenvalue weighted by molar-refractivity contribution is 0.0984. The van der Waals surface area contributed by atoms with Crippen molar-refractivity contribution in [1.29, 1.82) is 0 Å². The molecule has 0 aliphatic carbocycles. The van der Waals surface area contributed by atoms with Gasteiger partial charge in [0.1, 0.15) is 17.4 Å². The first-order chi connectivity index (χ1) is 11.1. The van der Waals surface area contributed by atoms with E-state index in [2.05, 4.69) is 15.4 Å². The zero-order valence-corrected chi connectivity index (χ0v) is 13.3. The second-order valence-corrected chi connectivity index (χ2v) is 5.85.